The molecule has 6 heteroatoms. The van der Waals surface area contributed by atoms with Crippen molar-refractivity contribution in [2.24, 2.45) is 5.92 Å². The number of hydrogen-bond acceptors (Lipinski definition) is 6. The van der Waals surface area contributed by atoms with Crippen molar-refractivity contribution in [2.45, 2.75) is 39.8 Å². The lowest BCUT2D eigenvalue weighted by atomic mass is 10.1. The third-order valence-corrected chi connectivity index (χ3v) is 2.98. The van der Waals surface area contributed by atoms with Crippen LogP contribution in [0.2, 0.25) is 0 Å². The van der Waals surface area contributed by atoms with E-state index in [4.69, 9.17) is 9.15 Å². The summed E-state index contributed by atoms with van der Waals surface area (Å²) in [4.78, 5) is 2.09. The first-order valence-corrected chi connectivity index (χ1v) is 6.88. The predicted molar refractivity (Wildman–Crippen MR) is 73.1 cm³/mol. The summed E-state index contributed by atoms with van der Waals surface area (Å²) in [6, 6.07) is 0.595. The molecular weight excluding hydrogens is 244 g/mol. The molecule has 0 aliphatic carbocycles. The molecule has 0 spiro atoms. The van der Waals surface area contributed by atoms with Crippen molar-refractivity contribution in [2.75, 3.05) is 31.1 Å². The number of nitrogens with one attached hydrogen (secondary N) is 1. The number of nitrogens with zero attached hydrogens (tertiary/aromatic N) is 3. The van der Waals surface area contributed by atoms with E-state index in [9.17, 15) is 0 Å². The maximum absolute atomic E-state index is 5.68. The van der Waals surface area contributed by atoms with Gasteiger partial charge in [-0.15, -0.1) is 5.10 Å². The predicted octanol–water partition coefficient (Wildman–Crippen LogP) is 1.43. The van der Waals surface area contributed by atoms with E-state index in [-0.39, 0.29) is 5.60 Å². The Hall–Kier alpha value is -1.14. The van der Waals surface area contributed by atoms with Gasteiger partial charge < -0.3 is 19.4 Å². The summed E-state index contributed by atoms with van der Waals surface area (Å²) >= 11 is 0. The Morgan fingerprint density at radius 3 is 2.84 bits per heavy atom. The smallest absolute Gasteiger partial charge is 0.318 e. The average molecular weight is 268 g/mol. The van der Waals surface area contributed by atoms with Gasteiger partial charge >= 0.3 is 6.01 Å². The van der Waals surface area contributed by atoms with Crippen molar-refractivity contribution in [1.82, 2.24) is 15.5 Å². The second-order valence-corrected chi connectivity index (χ2v) is 6.03. The topological polar surface area (TPSA) is 63.4 Å². The maximum atomic E-state index is 5.68. The van der Waals surface area contributed by atoms with Gasteiger partial charge in [-0.05, 0) is 26.3 Å². The Labute approximate surface area is 114 Å². The van der Waals surface area contributed by atoms with Gasteiger partial charge in [0, 0.05) is 6.54 Å². The van der Waals surface area contributed by atoms with E-state index in [2.05, 4.69) is 48.1 Å². The van der Waals surface area contributed by atoms with Gasteiger partial charge in [-0.25, -0.2) is 0 Å². The van der Waals surface area contributed by atoms with Crippen molar-refractivity contribution >= 4 is 6.01 Å². The standard InChI is InChI=1S/C13H24N4O2/c1-10(2)7-14-8-11-15-16-12(19-11)17-5-6-18-13(3,4)9-17/h10,14H,5-9H2,1-4H3. The lowest BCUT2D eigenvalue weighted by Gasteiger charge is -2.36. The average Bonchev–Trinajstić information content (AvgIpc) is 2.76. The van der Waals surface area contributed by atoms with Crippen molar-refractivity contribution in [3.05, 3.63) is 5.89 Å². The van der Waals surface area contributed by atoms with E-state index in [0.29, 0.717) is 31.0 Å². The summed E-state index contributed by atoms with van der Waals surface area (Å²) in [7, 11) is 0. The molecule has 108 valence electrons. The molecule has 2 heterocycles. The van der Waals surface area contributed by atoms with Crippen LogP contribution in [0.25, 0.3) is 0 Å². The number of morpholine rings is 1. The molecule has 1 aliphatic rings. The first-order valence-electron chi connectivity index (χ1n) is 6.88. The van der Waals surface area contributed by atoms with Gasteiger partial charge in [0.25, 0.3) is 0 Å². The molecule has 1 aromatic heterocycles. The largest absolute Gasteiger partial charge is 0.407 e. The monoisotopic (exact) mass is 268 g/mol. The fourth-order valence-electron chi connectivity index (χ4n) is 2.09. The fourth-order valence-corrected chi connectivity index (χ4v) is 2.09. The normalized spacial score (nSPS) is 19.1. The van der Waals surface area contributed by atoms with Gasteiger partial charge in [-0.2, -0.15) is 0 Å². The first-order chi connectivity index (χ1) is 8.96. The Morgan fingerprint density at radius 2 is 2.16 bits per heavy atom. The number of anilines is 1. The molecule has 1 saturated heterocycles. The van der Waals surface area contributed by atoms with Gasteiger partial charge in [-0.1, -0.05) is 18.9 Å². The molecule has 1 N–H and O–H groups in total. The van der Waals surface area contributed by atoms with Crippen LogP contribution in [0.1, 0.15) is 33.6 Å². The Kier molecular flexibility index (Phi) is 4.42. The minimum absolute atomic E-state index is 0.164. The first kappa shape index (κ1) is 14.3. The number of ether oxygens (including phenoxy) is 1. The van der Waals surface area contributed by atoms with Crippen LogP contribution in [0.4, 0.5) is 6.01 Å². The van der Waals surface area contributed by atoms with Crippen LogP contribution < -0.4 is 10.2 Å². The molecule has 1 aliphatic heterocycles. The van der Waals surface area contributed by atoms with E-state index in [1.54, 1.807) is 0 Å². The lowest BCUT2D eigenvalue weighted by molar-refractivity contribution is -0.0290. The highest BCUT2D eigenvalue weighted by atomic mass is 16.5. The molecule has 0 aromatic carbocycles. The van der Waals surface area contributed by atoms with E-state index < -0.39 is 0 Å². The number of hydrogen-bond donors (Lipinski definition) is 1. The van der Waals surface area contributed by atoms with Crippen LogP contribution in [-0.4, -0.2) is 42.0 Å². The van der Waals surface area contributed by atoms with Gasteiger partial charge in [-0.3, -0.25) is 0 Å². The summed E-state index contributed by atoms with van der Waals surface area (Å²) in [5, 5.41) is 11.5. The summed E-state index contributed by atoms with van der Waals surface area (Å²) in [5.41, 5.74) is -0.164. The third kappa shape index (κ3) is 4.18. The van der Waals surface area contributed by atoms with Crippen LogP contribution in [0.5, 0.6) is 0 Å². The van der Waals surface area contributed by atoms with E-state index in [0.717, 1.165) is 19.6 Å². The van der Waals surface area contributed by atoms with Crippen molar-refractivity contribution in [3.8, 4) is 0 Å². The Balaban J connectivity index is 1.89. The van der Waals surface area contributed by atoms with Crippen LogP contribution in [0, 0.1) is 5.92 Å². The fraction of sp³-hybridized carbons (Fsp3) is 0.846. The lowest BCUT2D eigenvalue weighted by Crippen LogP contribution is -2.48. The molecule has 0 atom stereocenters. The highest BCUT2D eigenvalue weighted by molar-refractivity contribution is 5.26. The Bertz CT molecular complexity index is 403. The van der Waals surface area contributed by atoms with Gasteiger partial charge in [0.1, 0.15) is 0 Å². The molecule has 0 radical (unpaired) electrons. The molecular formula is C13H24N4O2. The van der Waals surface area contributed by atoms with E-state index in [1.165, 1.54) is 0 Å². The second-order valence-electron chi connectivity index (χ2n) is 6.03. The number of rotatable bonds is 5. The molecule has 1 aromatic rings. The summed E-state index contributed by atoms with van der Waals surface area (Å²) in [5.74, 6) is 1.25. The zero-order valence-electron chi connectivity index (χ0n) is 12.3. The minimum atomic E-state index is -0.164. The highest BCUT2D eigenvalue weighted by Crippen LogP contribution is 2.21. The molecule has 0 amide bonds. The molecule has 1 fully saturated rings. The zero-order valence-corrected chi connectivity index (χ0v) is 12.3. The summed E-state index contributed by atoms with van der Waals surface area (Å²) in [6.45, 7) is 12.3. The molecule has 0 bridgehead atoms. The van der Waals surface area contributed by atoms with Crippen LogP contribution in [-0.2, 0) is 11.3 Å². The number of aromatic nitrogens is 2. The third-order valence-electron chi connectivity index (χ3n) is 2.98. The van der Waals surface area contributed by atoms with E-state index in [1.807, 2.05) is 0 Å². The second kappa shape index (κ2) is 5.88. The Morgan fingerprint density at radius 1 is 1.37 bits per heavy atom. The minimum Gasteiger partial charge on any atom is -0.407 e. The molecule has 2 rings (SSSR count). The van der Waals surface area contributed by atoms with Crippen LogP contribution >= 0.6 is 0 Å². The SMILES string of the molecule is CC(C)CNCc1nnc(N2CCOC(C)(C)C2)o1. The van der Waals surface area contributed by atoms with Crippen LogP contribution in [0.15, 0.2) is 4.42 Å². The maximum Gasteiger partial charge on any atom is 0.318 e. The van der Waals surface area contributed by atoms with Crippen molar-refractivity contribution < 1.29 is 9.15 Å². The van der Waals surface area contributed by atoms with Crippen molar-refractivity contribution in [1.29, 1.82) is 0 Å². The molecule has 0 saturated carbocycles. The molecule has 6 nitrogen and oxygen atoms in total. The molecule has 19 heavy (non-hydrogen) atoms. The summed E-state index contributed by atoms with van der Waals surface area (Å²) < 4.78 is 11.4. The van der Waals surface area contributed by atoms with Gasteiger partial charge in [0.2, 0.25) is 5.89 Å². The highest BCUT2D eigenvalue weighted by Gasteiger charge is 2.29. The molecule has 0 unspecified atom stereocenters. The van der Waals surface area contributed by atoms with Crippen LogP contribution in [0.3, 0.4) is 0 Å². The van der Waals surface area contributed by atoms with E-state index >= 15 is 0 Å². The van der Waals surface area contributed by atoms with Gasteiger partial charge in [0.15, 0.2) is 0 Å². The quantitative estimate of drug-likeness (QED) is 0.871. The summed E-state index contributed by atoms with van der Waals surface area (Å²) in [6.07, 6.45) is 0. The van der Waals surface area contributed by atoms with Gasteiger partial charge in [0.05, 0.1) is 25.3 Å². The zero-order chi connectivity index (χ0) is 13.9. The van der Waals surface area contributed by atoms with Crippen molar-refractivity contribution in [3.63, 3.8) is 0 Å².